The Bertz CT molecular complexity index is 797. The van der Waals surface area contributed by atoms with E-state index in [0.717, 1.165) is 11.3 Å². The Morgan fingerprint density at radius 1 is 1.25 bits per heavy atom. The van der Waals surface area contributed by atoms with Crippen LogP contribution in [0.3, 0.4) is 0 Å². The predicted octanol–water partition coefficient (Wildman–Crippen LogP) is 2.77. The Morgan fingerprint density at radius 3 is 2.79 bits per heavy atom. The summed E-state index contributed by atoms with van der Waals surface area (Å²) in [5.74, 6) is -0.193. The van der Waals surface area contributed by atoms with E-state index >= 15 is 0 Å². The Labute approximate surface area is 144 Å². The molecule has 0 saturated carbocycles. The number of carbonyl (C=O) groups excluding carboxylic acids is 1. The van der Waals surface area contributed by atoms with Crippen LogP contribution < -0.4 is 5.32 Å². The fourth-order valence-corrected chi connectivity index (χ4v) is 2.61. The van der Waals surface area contributed by atoms with Crippen molar-refractivity contribution in [2.45, 2.75) is 18.9 Å². The zero-order chi connectivity index (χ0) is 16.9. The number of aliphatic hydroxyl groups is 1. The van der Waals surface area contributed by atoms with Crippen LogP contribution in [0.15, 0.2) is 54.9 Å². The number of amides is 1. The molecule has 0 saturated heterocycles. The standard InChI is InChI=1S/C18H18ClN3O2/c19-14-6-4-13(5-7-14)16(23)11-18(24)20-9-8-15-12-22-10-2-1-3-17(22)21-15/h1-7,10,12,16,23H,8-9,11H2,(H,20,24). The maximum Gasteiger partial charge on any atom is 0.222 e. The minimum Gasteiger partial charge on any atom is -0.388 e. The van der Waals surface area contributed by atoms with E-state index in [1.807, 2.05) is 35.0 Å². The number of rotatable bonds is 6. The van der Waals surface area contributed by atoms with E-state index in [0.29, 0.717) is 23.6 Å². The quantitative estimate of drug-likeness (QED) is 0.723. The molecule has 3 rings (SSSR count). The monoisotopic (exact) mass is 343 g/mol. The summed E-state index contributed by atoms with van der Waals surface area (Å²) in [4.78, 5) is 16.4. The maximum atomic E-state index is 11.9. The summed E-state index contributed by atoms with van der Waals surface area (Å²) < 4.78 is 1.95. The molecule has 0 aliphatic heterocycles. The molecular weight excluding hydrogens is 326 g/mol. The average Bonchev–Trinajstić information content (AvgIpc) is 2.98. The predicted molar refractivity (Wildman–Crippen MR) is 92.9 cm³/mol. The molecule has 124 valence electrons. The van der Waals surface area contributed by atoms with E-state index in [2.05, 4.69) is 10.3 Å². The topological polar surface area (TPSA) is 66.6 Å². The van der Waals surface area contributed by atoms with Gasteiger partial charge in [-0.3, -0.25) is 4.79 Å². The van der Waals surface area contributed by atoms with Gasteiger partial charge in [-0.1, -0.05) is 29.8 Å². The molecule has 0 spiro atoms. The molecule has 0 bridgehead atoms. The first-order chi connectivity index (χ1) is 11.6. The first-order valence-electron chi connectivity index (χ1n) is 7.74. The fraction of sp³-hybridized carbons (Fsp3) is 0.222. The van der Waals surface area contributed by atoms with E-state index in [-0.39, 0.29) is 12.3 Å². The number of hydrogen-bond acceptors (Lipinski definition) is 3. The number of aliphatic hydroxyl groups excluding tert-OH is 1. The number of nitrogens with zero attached hydrogens (tertiary/aromatic N) is 2. The van der Waals surface area contributed by atoms with Crippen LogP contribution in [0.4, 0.5) is 0 Å². The fourth-order valence-electron chi connectivity index (χ4n) is 2.49. The van der Waals surface area contributed by atoms with Gasteiger partial charge >= 0.3 is 0 Å². The van der Waals surface area contributed by atoms with Gasteiger partial charge in [-0.05, 0) is 29.8 Å². The number of fused-ring (bicyclic) bond motifs is 1. The van der Waals surface area contributed by atoms with Gasteiger partial charge in [0.15, 0.2) is 0 Å². The van der Waals surface area contributed by atoms with Gasteiger partial charge in [0.05, 0.1) is 18.2 Å². The second-order valence-electron chi connectivity index (χ2n) is 5.57. The van der Waals surface area contributed by atoms with Crippen LogP contribution >= 0.6 is 11.6 Å². The largest absolute Gasteiger partial charge is 0.388 e. The molecule has 5 nitrogen and oxygen atoms in total. The lowest BCUT2D eigenvalue weighted by molar-refractivity contribution is -0.123. The van der Waals surface area contributed by atoms with Crippen molar-refractivity contribution in [3.63, 3.8) is 0 Å². The Hall–Kier alpha value is -2.37. The lowest BCUT2D eigenvalue weighted by Gasteiger charge is -2.11. The van der Waals surface area contributed by atoms with Gasteiger partial charge in [0.2, 0.25) is 5.91 Å². The third-order valence-corrected chi connectivity index (χ3v) is 4.00. The zero-order valence-electron chi connectivity index (χ0n) is 13.0. The van der Waals surface area contributed by atoms with Crippen LogP contribution in [0.5, 0.6) is 0 Å². The number of benzene rings is 1. The summed E-state index contributed by atoms with van der Waals surface area (Å²) in [5, 5.41) is 13.5. The highest BCUT2D eigenvalue weighted by atomic mass is 35.5. The summed E-state index contributed by atoms with van der Waals surface area (Å²) in [7, 11) is 0. The van der Waals surface area contributed by atoms with E-state index in [1.165, 1.54) is 0 Å². The Morgan fingerprint density at radius 2 is 2.04 bits per heavy atom. The number of nitrogens with one attached hydrogen (secondary N) is 1. The smallest absolute Gasteiger partial charge is 0.222 e. The number of halogens is 1. The first-order valence-corrected chi connectivity index (χ1v) is 8.12. The maximum absolute atomic E-state index is 11.9. The van der Waals surface area contributed by atoms with E-state index < -0.39 is 6.10 Å². The number of pyridine rings is 1. The van der Waals surface area contributed by atoms with Crippen molar-refractivity contribution >= 4 is 23.2 Å². The van der Waals surface area contributed by atoms with Crippen molar-refractivity contribution in [3.05, 3.63) is 71.1 Å². The Kier molecular flexibility index (Phi) is 5.13. The van der Waals surface area contributed by atoms with Crippen molar-refractivity contribution < 1.29 is 9.90 Å². The van der Waals surface area contributed by atoms with Crippen molar-refractivity contribution in [2.75, 3.05) is 6.54 Å². The first kappa shape index (κ1) is 16.5. The van der Waals surface area contributed by atoms with Crippen molar-refractivity contribution in [1.82, 2.24) is 14.7 Å². The highest BCUT2D eigenvalue weighted by Gasteiger charge is 2.12. The third-order valence-electron chi connectivity index (χ3n) is 3.75. The molecule has 1 amide bonds. The minimum absolute atomic E-state index is 0.0206. The van der Waals surface area contributed by atoms with Crippen molar-refractivity contribution in [1.29, 1.82) is 0 Å². The van der Waals surface area contributed by atoms with Gasteiger partial charge in [-0.25, -0.2) is 4.98 Å². The Balaban J connectivity index is 1.47. The van der Waals surface area contributed by atoms with Gasteiger partial charge in [0.25, 0.3) is 0 Å². The van der Waals surface area contributed by atoms with Crippen molar-refractivity contribution in [3.8, 4) is 0 Å². The van der Waals surface area contributed by atoms with Crippen LogP contribution in [0.1, 0.15) is 23.8 Å². The van der Waals surface area contributed by atoms with Gasteiger partial charge < -0.3 is 14.8 Å². The van der Waals surface area contributed by atoms with Gasteiger partial charge in [0.1, 0.15) is 5.65 Å². The summed E-state index contributed by atoms with van der Waals surface area (Å²) in [6, 6.07) is 12.6. The molecule has 1 aromatic carbocycles. The normalized spacial score (nSPS) is 12.2. The van der Waals surface area contributed by atoms with Crippen molar-refractivity contribution in [2.24, 2.45) is 0 Å². The third kappa shape index (κ3) is 4.13. The zero-order valence-corrected chi connectivity index (χ0v) is 13.8. The molecule has 2 N–H and O–H groups in total. The molecule has 0 radical (unpaired) electrons. The average molecular weight is 344 g/mol. The van der Waals surface area contributed by atoms with Crippen LogP contribution in [0.2, 0.25) is 5.02 Å². The van der Waals surface area contributed by atoms with E-state index in [9.17, 15) is 9.90 Å². The molecule has 0 fully saturated rings. The minimum atomic E-state index is -0.836. The molecule has 2 heterocycles. The van der Waals surface area contributed by atoms with Crippen LogP contribution in [0.25, 0.3) is 5.65 Å². The van der Waals surface area contributed by atoms with Gasteiger partial charge in [-0.15, -0.1) is 0 Å². The van der Waals surface area contributed by atoms with E-state index in [1.54, 1.807) is 24.3 Å². The molecule has 1 atom stereocenters. The second kappa shape index (κ2) is 7.47. The number of imidazole rings is 1. The highest BCUT2D eigenvalue weighted by molar-refractivity contribution is 6.30. The number of carbonyl (C=O) groups is 1. The molecular formula is C18H18ClN3O2. The molecule has 2 aromatic heterocycles. The molecule has 1 unspecified atom stereocenters. The highest BCUT2D eigenvalue weighted by Crippen LogP contribution is 2.18. The summed E-state index contributed by atoms with van der Waals surface area (Å²) in [5.41, 5.74) is 2.48. The van der Waals surface area contributed by atoms with Crippen LogP contribution in [-0.2, 0) is 11.2 Å². The lowest BCUT2D eigenvalue weighted by atomic mass is 10.1. The molecule has 0 aliphatic carbocycles. The SMILES string of the molecule is O=C(CC(O)c1ccc(Cl)cc1)NCCc1cn2ccccc2n1. The van der Waals surface area contributed by atoms with Gasteiger partial charge in [0, 0.05) is 30.4 Å². The molecule has 3 aromatic rings. The summed E-state index contributed by atoms with van der Waals surface area (Å²) >= 11 is 5.81. The summed E-state index contributed by atoms with van der Waals surface area (Å²) in [6.07, 6.45) is 3.71. The second-order valence-corrected chi connectivity index (χ2v) is 6.01. The van der Waals surface area contributed by atoms with Crippen LogP contribution in [0, 0.1) is 0 Å². The number of aromatic nitrogens is 2. The molecule has 6 heteroatoms. The molecule has 0 aliphatic rings. The summed E-state index contributed by atoms with van der Waals surface area (Å²) in [6.45, 7) is 0.482. The van der Waals surface area contributed by atoms with E-state index in [4.69, 9.17) is 11.6 Å². The van der Waals surface area contributed by atoms with Gasteiger partial charge in [-0.2, -0.15) is 0 Å². The number of hydrogen-bond donors (Lipinski definition) is 2. The molecule has 24 heavy (non-hydrogen) atoms. The van der Waals surface area contributed by atoms with Crippen LogP contribution in [-0.4, -0.2) is 26.9 Å². The lowest BCUT2D eigenvalue weighted by Crippen LogP contribution is -2.27.